The Bertz CT molecular complexity index is 819. The van der Waals surface area contributed by atoms with Gasteiger partial charge in [-0.1, -0.05) is 32.0 Å². The molecule has 6 heteroatoms. The van der Waals surface area contributed by atoms with Crippen molar-refractivity contribution in [1.82, 2.24) is 24.6 Å². The van der Waals surface area contributed by atoms with Gasteiger partial charge in [0.05, 0.1) is 11.9 Å². The summed E-state index contributed by atoms with van der Waals surface area (Å²) in [5.74, 6) is 0.629. The molecule has 0 unspecified atom stereocenters. The summed E-state index contributed by atoms with van der Waals surface area (Å²) in [7, 11) is 0. The fraction of sp³-hybridized carbons (Fsp3) is 0.300. The third-order valence-corrected chi connectivity index (χ3v) is 4.45. The van der Waals surface area contributed by atoms with Gasteiger partial charge in [0.2, 0.25) is 0 Å². The van der Waals surface area contributed by atoms with Crippen LogP contribution >= 0.6 is 0 Å². The summed E-state index contributed by atoms with van der Waals surface area (Å²) >= 11 is 0. The SMILES string of the molecule is CCN(CC)CCNC(=O)c1cnn(-c2ccccc2)c1-n1cccc1. The van der Waals surface area contributed by atoms with E-state index in [9.17, 15) is 4.79 Å². The molecule has 3 aromatic rings. The highest BCUT2D eigenvalue weighted by molar-refractivity contribution is 5.97. The lowest BCUT2D eigenvalue weighted by Gasteiger charge is -2.18. The molecule has 6 nitrogen and oxygen atoms in total. The predicted octanol–water partition coefficient (Wildman–Crippen LogP) is 2.73. The second kappa shape index (κ2) is 8.49. The zero-order valence-corrected chi connectivity index (χ0v) is 15.3. The van der Waals surface area contributed by atoms with Crippen LogP contribution in [0.25, 0.3) is 11.5 Å². The van der Waals surface area contributed by atoms with Crippen molar-refractivity contribution < 1.29 is 4.79 Å². The minimum Gasteiger partial charge on any atom is -0.351 e. The number of benzene rings is 1. The Balaban J connectivity index is 1.86. The summed E-state index contributed by atoms with van der Waals surface area (Å²) in [5, 5.41) is 7.48. The van der Waals surface area contributed by atoms with Gasteiger partial charge in [0.25, 0.3) is 5.91 Å². The van der Waals surface area contributed by atoms with Crippen LogP contribution in [0.2, 0.25) is 0 Å². The number of carbonyl (C=O) groups is 1. The Kier molecular flexibility index (Phi) is 5.86. The van der Waals surface area contributed by atoms with Crippen LogP contribution in [-0.2, 0) is 0 Å². The highest BCUT2D eigenvalue weighted by Crippen LogP contribution is 2.19. The van der Waals surface area contributed by atoms with E-state index in [-0.39, 0.29) is 5.91 Å². The van der Waals surface area contributed by atoms with Crippen LogP contribution < -0.4 is 5.32 Å². The third-order valence-electron chi connectivity index (χ3n) is 4.45. The Morgan fingerprint density at radius 3 is 2.42 bits per heavy atom. The Hall–Kier alpha value is -2.86. The molecule has 2 aromatic heterocycles. The van der Waals surface area contributed by atoms with E-state index in [4.69, 9.17) is 0 Å². The van der Waals surface area contributed by atoms with Gasteiger partial charge in [-0.05, 0) is 37.4 Å². The van der Waals surface area contributed by atoms with Crippen LogP contribution in [0, 0.1) is 0 Å². The van der Waals surface area contributed by atoms with E-state index in [0.717, 1.165) is 31.1 Å². The van der Waals surface area contributed by atoms with E-state index in [1.807, 2.05) is 59.4 Å². The number of likely N-dealkylation sites (N-methyl/N-ethyl adjacent to an activating group) is 1. The molecule has 0 spiro atoms. The summed E-state index contributed by atoms with van der Waals surface area (Å²) in [5.41, 5.74) is 1.47. The molecule has 1 amide bonds. The van der Waals surface area contributed by atoms with Crippen LogP contribution in [-0.4, -0.2) is 51.3 Å². The fourth-order valence-electron chi connectivity index (χ4n) is 2.95. The molecular formula is C20H25N5O. The van der Waals surface area contributed by atoms with Crippen molar-refractivity contribution in [3.05, 3.63) is 66.6 Å². The summed E-state index contributed by atoms with van der Waals surface area (Å²) in [6.45, 7) is 7.66. The van der Waals surface area contributed by atoms with Crippen molar-refractivity contribution in [3.8, 4) is 11.5 Å². The molecule has 136 valence electrons. The van der Waals surface area contributed by atoms with E-state index < -0.39 is 0 Å². The standard InChI is InChI=1S/C20H25N5O/c1-3-23(4-2)15-12-21-19(26)18-16-22-25(17-10-6-5-7-11-17)20(18)24-13-8-9-14-24/h5-11,13-14,16H,3-4,12,15H2,1-2H3,(H,21,26). The molecule has 0 aliphatic heterocycles. The molecule has 0 atom stereocenters. The number of nitrogens with one attached hydrogen (secondary N) is 1. The second-order valence-electron chi connectivity index (χ2n) is 6.00. The minimum atomic E-state index is -0.108. The maximum absolute atomic E-state index is 12.8. The molecule has 1 N–H and O–H groups in total. The number of hydrogen-bond acceptors (Lipinski definition) is 3. The number of para-hydroxylation sites is 1. The summed E-state index contributed by atoms with van der Waals surface area (Å²) in [4.78, 5) is 15.0. The normalized spacial score (nSPS) is 11.0. The maximum atomic E-state index is 12.8. The van der Waals surface area contributed by atoms with Gasteiger partial charge in [0, 0.05) is 25.5 Å². The van der Waals surface area contributed by atoms with Crippen molar-refractivity contribution in [3.63, 3.8) is 0 Å². The van der Waals surface area contributed by atoms with Gasteiger partial charge in [-0.2, -0.15) is 5.10 Å². The first-order chi connectivity index (χ1) is 12.7. The Morgan fingerprint density at radius 2 is 1.77 bits per heavy atom. The topological polar surface area (TPSA) is 55.1 Å². The van der Waals surface area contributed by atoms with Gasteiger partial charge in [-0.3, -0.25) is 4.79 Å². The number of aromatic nitrogens is 3. The van der Waals surface area contributed by atoms with Gasteiger partial charge in [-0.15, -0.1) is 0 Å². The number of nitrogens with zero attached hydrogens (tertiary/aromatic N) is 4. The van der Waals surface area contributed by atoms with Crippen molar-refractivity contribution in [2.75, 3.05) is 26.2 Å². The molecule has 0 aliphatic rings. The first-order valence-corrected chi connectivity index (χ1v) is 9.02. The molecule has 0 saturated carbocycles. The molecule has 1 aromatic carbocycles. The highest BCUT2D eigenvalue weighted by Gasteiger charge is 2.19. The highest BCUT2D eigenvalue weighted by atomic mass is 16.1. The lowest BCUT2D eigenvalue weighted by molar-refractivity contribution is 0.0949. The van der Waals surface area contributed by atoms with Gasteiger partial charge < -0.3 is 14.8 Å². The Morgan fingerprint density at radius 1 is 1.08 bits per heavy atom. The van der Waals surface area contributed by atoms with Crippen LogP contribution in [0.5, 0.6) is 0 Å². The van der Waals surface area contributed by atoms with E-state index >= 15 is 0 Å². The summed E-state index contributed by atoms with van der Waals surface area (Å²) in [6.07, 6.45) is 5.47. The monoisotopic (exact) mass is 351 g/mol. The Labute approximate surface area is 154 Å². The lowest BCUT2D eigenvalue weighted by Crippen LogP contribution is -2.35. The quantitative estimate of drug-likeness (QED) is 0.679. The molecule has 0 saturated heterocycles. The van der Waals surface area contributed by atoms with E-state index in [1.54, 1.807) is 10.9 Å². The van der Waals surface area contributed by atoms with Crippen LogP contribution in [0.4, 0.5) is 0 Å². The third kappa shape index (κ3) is 3.86. The van der Waals surface area contributed by atoms with Gasteiger partial charge in [-0.25, -0.2) is 4.68 Å². The average molecular weight is 351 g/mol. The molecule has 3 rings (SSSR count). The van der Waals surface area contributed by atoms with E-state index in [2.05, 4.69) is 29.2 Å². The molecule has 0 radical (unpaired) electrons. The molecule has 26 heavy (non-hydrogen) atoms. The number of amides is 1. The number of hydrogen-bond donors (Lipinski definition) is 1. The minimum absolute atomic E-state index is 0.108. The molecular weight excluding hydrogens is 326 g/mol. The van der Waals surface area contributed by atoms with Crippen molar-refractivity contribution in [2.24, 2.45) is 0 Å². The summed E-state index contributed by atoms with van der Waals surface area (Å²) in [6, 6.07) is 13.7. The van der Waals surface area contributed by atoms with Crippen molar-refractivity contribution in [2.45, 2.75) is 13.8 Å². The van der Waals surface area contributed by atoms with E-state index in [0.29, 0.717) is 12.1 Å². The summed E-state index contributed by atoms with van der Waals surface area (Å²) < 4.78 is 3.71. The number of rotatable bonds is 8. The average Bonchev–Trinajstić information content (AvgIpc) is 3.35. The van der Waals surface area contributed by atoms with Gasteiger partial charge >= 0.3 is 0 Å². The molecule has 0 aliphatic carbocycles. The first kappa shape index (κ1) is 17.9. The van der Waals surface area contributed by atoms with Crippen LogP contribution in [0.3, 0.4) is 0 Å². The molecule has 0 bridgehead atoms. The second-order valence-corrected chi connectivity index (χ2v) is 6.00. The zero-order valence-electron chi connectivity index (χ0n) is 15.3. The molecule has 2 heterocycles. The predicted molar refractivity (Wildman–Crippen MR) is 103 cm³/mol. The largest absolute Gasteiger partial charge is 0.351 e. The van der Waals surface area contributed by atoms with E-state index in [1.165, 1.54) is 0 Å². The van der Waals surface area contributed by atoms with Crippen molar-refractivity contribution in [1.29, 1.82) is 0 Å². The first-order valence-electron chi connectivity index (χ1n) is 9.02. The number of carbonyl (C=O) groups excluding carboxylic acids is 1. The molecule has 0 fully saturated rings. The van der Waals surface area contributed by atoms with Gasteiger partial charge in [0.15, 0.2) is 5.82 Å². The van der Waals surface area contributed by atoms with Gasteiger partial charge in [0.1, 0.15) is 5.56 Å². The van der Waals surface area contributed by atoms with Crippen LogP contribution in [0.15, 0.2) is 61.1 Å². The van der Waals surface area contributed by atoms with Crippen molar-refractivity contribution >= 4 is 5.91 Å². The smallest absolute Gasteiger partial charge is 0.256 e. The fourth-order valence-corrected chi connectivity index (χ4v) is 2.95. The lowest BCUT2D eigenvalue weighted by atomic mass is 10.2. The maximum Gasteiger partial charge on any atom is 0.256 e. The van der Waals surface area contributed by atoms with Crippen LogP contribution in [0.1, 0.15) is 24.2 Å². The zero-order chi connectivity index (χ0) is 18.4.